The predicted octanol–water partition coefficient (Wildman–Crippen LogP) is 0.581. The van der Waals surface area contributed by atoms with E-state index in [0.29, 0.717) is 12.6 Å². The molecular weight excluding hydrogens is 332 g/mol. The summed E-state index contributed by atoms with van der Waals surface area (Å²) in [4.78, 5) is 13.3. The number of guanidine groups is 1. The zero-order valence-corrected chi connectivity index (χ0v) is 15.6. The summed E-state index contributed by atoms with van der Waals surface area (Å²) in [7, 11) is 1.66. The lowest BCUT2D eigenvalue weighted by Crippen LogP contribution is -2.47. The van der Waals surface area contributed by atoms with Crippen molar-refractivity contribution in [2.24, 2.45) is 4.99 Å². The molecule has 2 aromatic heterocycles. The maximum atomic E-state index is 5.12. The van der Waals surface area contributed by atoms with E-state index in [0.717, 1.165) is 63.0 Å². The summed E-state index contributed by atoms with van der Waals surface area (Å²) in [5, 5.41) is 11.4. The molecule has 0 saturated heterocycles. The van der Waals surface area contributed by atoms with Crippen LogP contribution in [0.5, 0.6) is 0 Å². The lowest BCUT2D eigenvalue weighted by molar-refractivity contribution is 0.177. The van der Waals surface area contributed by atoms with E-state index in [4.69, 9.17) is 9.73 Å². The van der Waals surface area contributed by atoms with Crippen LogP contribution in [-0.4, -0.2) is 56.5 Å². The lowest BCUT2D eigenvalue weighted by Gasteiger charge is -2.25. The fourth-order valence-corrected chi connectivity index (χ4v) is 3.05. The van der Waals surface area contributed by atoms with Gasteiger partial charge in [-0.2, -0.15) is 5.10 Å². The Morgan fingerprint density at radius 1 is 1.46 bits per heavy atom. The monoisotopic (exact) mass is 360 g/mol. The SMILES string of the molecule is CCNC(=NCCCn1ccnc1)NC1CCc2nc(COC)nn2C1. The van der Waals surface area contributed by atoms with E-state index in [1.165, 1.54) is 0 Å². The summed E-state index contributed by atoms with van der Waals surface area (Å²) in [6.45, 7) is 5.87. The molecule has 26 heavy (non-hydrogen) atoms. The minimum Gasteiger partial charge on any atom is -0.377 e. The van der Waals surface area contributed by atoms with Crippen LogP contribution in [0.1, 0.15) is 31.4 Å². The molecule has 0 bridgehead atoms. The number of rotatable bonds is 8. The van der Waals surface area contributed by atoms with Crippen LogP contribution in [0.2, 0.25) is 0 Å². The van der Waals surface area contributed by atoms with E-state index < -0.39 is 0 Å². The van der Waals surface area contributed by atoms with Gasteiger partial charge in [-0.15, -0.1) is 0 Å². The molecule has 0 fully saturated rings. The van der Waals surface area contributed by atoms with E-state index in [1.807, 2.05) is 17.2 Å². The van der Waals surface area contributed by atoms with Crippen LogP contribution in [-0.2, 0) is 30.9 Å². The first-order valence-electron chi connectivity index (χ1n) is 9.20. The van der Waals surface area contributed by atoms with E-state index in [1.54, 1.807) is 13.3 Å². The van der Waals surface area contributed by atoms with Crippen LogP contribution in [0.4, 0.5) is 0 Å². The van der Waals surface area contributed by atoms with Crippen LogP contribution >= 0.6 is 0 Å². The number of nitrogens with one attached hydrogen (secondary N) is 2. The van der Waals surface area contributed by atoms with Gasteiger partial charge in [0.05, 0.1) is 12.9 Å². The average Bonchev–Trinajstić information content (AvgIpc) is 3.28. The number of aliphatic imine (C=N–C) groups is 1. The molecule has 3 rings (SSSR count). The van der Waals surface area contributed by atoms with Crippen molar-refractivity contribution in [2.45, 2.75) is 51.9 Å². The van der Waals surface area contributed by atoms with Gasteiger partial charge >= 0.3 is 0 Å². The molecule has 3 heterocycles. The molecule has 2 aromatic rings. The van der Waals surface area contributed by atoms with Crippen molar-refractivity contribution in [1.82, 2.24) is 34.9 Å². The molecule has 1 aliphatic rings. The molecule has 1 atom stereocenters. The van der Waals surface area contributed by atoms with Gasteiger partial charge in [0.2, 0.25) is 0 Å². The number of fused-ring (bicyclic) bond motifs is 1. The molecule has 0 spiro atoms. The smallest absolute Gasteiger partial charge is 0.191 e. The van der Waals surface area contributed by atoms with Gasteiger partial charge in [0, 0.05) is 51.6 Å². The number of nitrogens with zero attached hydrogens (tertiary/aromatic N) is 6. The highest BCUT2D eigenvalue weighted by atomic mass is 16.5. The number of hydrogen-bond donors (Lipinski definition) is 2. The quantitative estimate of drug-likeness (QED) is 0.406. The first kappa shape index (κ1) is 18.4. The van der Waals surface area contributed by atoms with Gasteiger partial charge in [-0.25, -0.2) is 14.6 Å². The van der Waals surface area contributed by atoms with Crippen molar-refractivity contribution < 1.29 is 4.74 Å². The Balaban J connectivity index is 1.51. The van der Waals surface area contributed by atoms with Crippen molar-refractivity contribution in [3.05, 3.63) is 30.4 Å². The number of aromatic nitrogens is 5. The Morgan fingerprint density at radius 2 is 2.38 bits per heavy atom. The minimum atomic E-state index is 0.297. The van der Waals surface area contributed by atoms with Gasteiger partial charge in [0.15, 0.2) is 11.8 Å². The predicted molar refractivity (Wildman–Crippen MR) is 98.8 cm³/mol. The number of imidazole rings is 1. The Hall–Kier alpha value is -2.42. The van der Waals surface area contributed by atoms with Crippen LogP contribution in [0.3, 0.4) is 0 Å². The van der Waals surface area contributed by atoms with E-state index in [2.05, 4.69) is 37.2 Å². The van der Waals surface area contributed by atoms with Crippen molar-refractivity contribution in [2.75, 3.05) is 20.2 Å². The zero-order valence-electron chi connectivity index (χ0n) is 15.6. The maximum Gasteiger partial charge on any atom is 0.191 e. The Kier molecular flexibility index (Phi) is 6.59. The van der Waals surface area contributed by atoms with Crippen molar-refractivity contribution in [3.63, 3.8) is 0 Å². The van der Waals surface area contributed by atoms with Crippen molar-refractivity contribution in [1.29, 1.82) is 0 Å². The van der Waals surface area contributed by atoms with E-state index in [-0.39, 0.29) is 0 Å². The molecule has 142 valence electrons. The topological polar surface area (TPSA) is 94.2 Å². The lowest BCUT2D eigenvalue weighted by atomic mass is 10.1. The highest BCUT2D eigenvalue weighted by molar-refractivity contribution is 5.80. The Bertz CT molecular complexity index is 694. The normalized spacial score (nSPS) is 17.2. The molecule has 1 aliphatic heterocycles. The second kappa shape index (κ2) is 9.33. The third kappa shape index (κ3) is 5.04. The van der Waals surface area contributed by atoms with Gasteiger partial charge in [0.25, 0.3) is 0 Å². The van der Waals surface area contributed by atoms with Crippen LogP contribution < -0.4 is 10.6 Å². The second-order valence-corrected chi connectivity index (χ2v) is 6.35. The summed E-state index contributed by atoms with van der Waals surface area (Å²) in [5.41, 5.74) is 0. The summed E-state index contributed by atoms with van der Waals surface area (Å²) in [5.74, 6) is 2.66. The van der Waals surface area contributed by atoms with Crippen LogP contribution in [0.25, 0.3) is 0 Å². The second-order valence-electron chi connectivity index (χ2n) is 6.35. The fraction of sp³-hybridized carbons (Fsp3) is 0.647. The van der Waals surface area contributed by atoms with Gasteiger partial charge in [-0.1, -0.05) is 0 Å². The molecule has 9 heteroatoms. The molecule has 1 unspecified atom stereocenters. The van der Waals surface area contributed by atoms with Gasteiger partial charge in [-0.3, -0.25) is 4.99 Å². The van der Waals surface area contributed by atoms with Gasteiger partial charge < -0.3 is 19.9 Å². The standard InChI is InChI=1S/C17H28N8O/c1-3-19-17(20-7-4-9-24-10-8-18-13-24)21-14-5-6-16-22-15(12-26-2)23-25(16)11-14/h8,10,13-14H,3-7,9,11-12H2,1-2H3,(H2,19,20,21). The number of ether oxygens (including phenoxy) is 1. The summed E-state index contributed by atoms with van der Waals surface area (Å²) in [6.07, 6.45) is 8.52. The third-order valence-electron chi connectivity index (χ3n) is 4.26. The third-order valence-corrected chi connectivity index (χ3v) is 4.26. The molecule has 2 N–H and O–H groups in total. The average molecular weight is 360 g/mol. The van der Waals surface area contributed by atoms with E-state index in [9.17, 15) is 0 Å². The maximum absolute atomic E-state index is 5.12. The number of hydrogen-bond acceptors (Lipinski definition) is 5. The number of methoxy groups -OCH3 is 1. The Morgan fingerprint density at radius 3 is 3.15 bits per heavy atom. The highest BCUT2D eigenvalue weighted by Gasteiger charge is 2.22. The Labute approximate surface area is 153 Å². The molecule has 0 aromatic carbocycles. The van der Waals surface area contributed by atoms with Gasteiger partial charge in [-0.05, 0) is 19.8 Å². The largest absolute Gasteiger partial charge is 0.377 e. The van der Waals surface area contributed by atoms with Gasteiger partial charge in [0.1, 0.15) is 12.4 Å². The first-order valence-corrected chi connectivity index (χ1v) is 9.20. The van der Waals surface area contributed by atoms with E-state index >= 15 is 0 Å². The zero-order chi connectivity index (χ0) is 18.2. The number of aryl methyl sites for hydroxylation is 2. The summed E-state index contributed by atoms with van der Waals surface area (Å²) >= 11 is 0. The summed E-state index contributed by atoms with van der Waals surface area (Å²) < 4.78 is 9.18. The summed E-state index contributed by atoms with van der Waals surface area (Å²) in [6, 6.07) is 0.297. The fourth-order valence-electron chi connectivity index (χ4n) is 3.05. The van der Waals surface area contributed by atoms with Crippen LogP contribution in [0.15, 0.2) is 23.7 Å². The minimum absolute atomic E-state index is 0.297. The highest BCUT2D eigenvalue weighted by Crippen LogP contribution is 2.13. The molecule has 0 radical (unpaired) electrons. The molecule has 9 nitrogen and oxygen atoms in total. The molecule has 0 aliphatic carbocycles. The van der Waals surface area contributed by atoms with Crippen molar-refractivity contribution >= 4 is 5.96 Å². The molecule has 0 saturated carbocycles. The first-order chi connectivity index (χ1) is 12.8. The molecule has 0 amide bonds. The van der Waals surface area contributed by atoms with Crippen molar-refractivity contribution in [3.8, 4) is 0 Å². The van der Waals surface area contributed by atoms with Crippen LogP contribution in [0, 0.1) is 0 Å². The molecular formula is C17H28N8O.